The van der Waals surface area contributed by atoms with Crippen molar-refractivity contribution in [2.45, 2.75) is 39.5 Å². The van der Waals surface area contributed by atoms with Gasteiger partial charge >= 0.3 is 0 Å². The maximum atomic E-state index is 13.2. The molecule has 0 aliphatic carbocycles. The van der Waals surface area contributed by atoms with Gasteiger partial charge in [-0.05, 0) is 71.9 Å². The summed E-state index contributed by atoms with van der Waals surface area (Å²) in [6.07, 6.45) is 4.59. The van der Waals surface area contributed by atoms with E-state index in [0.29, 0.717) is 10.4 Å². The van der Waals surface area contributed by atoms with Gasteiger partial charge in [0.2, 0.25) is 0 Å². The molecule has 0 spiro atoms. The minimum Gasteiger partial charge on any atom is -0.316 e. The molecule has 1 unspecified atom stereocenters. The van der Waals surface area contributed by atoms with Crippen molar-refractivity contribution in [3.05, 3.63) is 34.1 Å². The molecule has 0 aliphatic rings. The van der Waals surface area contributed by atoms with Gasteiger partial charge in [0.15, 0.2) is 0 Å². The van der Waals surface area contributed by atoms with Crippen LogP contribution in [-0.4, -0.2) is 13.1 Å². The molecule has 0 radical (unpaired) electrons. The molecule has 18 heavy (non-hydrogen) atoms. The minimum atomic E-state index is -0.185. The first-order chi connectivity index (χ1) is 8.67. The number of benzene rings is 1. The molecule has 0 saturated heterocycles. The molecule has 3 heteroatoms. The standard InChI is InChI=1S/C15H23BrFN/c1-3-5-13(11-18-8-4-2)9-12-6-7-15(17)14(16)10-12/h6-7,10,13,18H,3-5,8-9,11H2,1-2H3. The minimum absolute atomic E-state index is 0.185. The number of hydrogen-bond donors (Lipinski definition) is 1. The molecule has 1 aromatic rings. The van der Waals surface area contributed by atoms with Crippen molar-refractivity contribution in [3.8, 4) is 0 Å². The highest BCUT2D eigenvalue weighted by molar-refractivity contribution is 9.10. The largest absolute Gasteiger partial charge is 0.316 e. The molecule has 0 fully saturated rings. The fourth-order valence-corrected chi connectivity index (χ4v) is 2.59. The van der Waals surface area contributed by atoms with Crippen LogP contribution < -0.4 is 5.32 Å². The number of nitrogens with one attached hydrogen (secondary N) is 1. The van der Waals surface area contributed by atoms with Crippen LogP contribution in [0.4, 0.5) is 4.39 Å². The maximum absolute atomic E-state index is 13.2. The van der Waals surface area contributed by atoms with Crippen LogP contribution in [0.15, 0.2) is 22.7 Å². The molecule has 0 saturated carbocycles. The van der Waals surface area contributed by atoms with Crippen molar-refractivity contribution in [1.29, 1.82) is 0 Å². The second-order valence-corrected chi connectivity index (χ2v) is 5.67. The predicted molar refractivity (Wildman–Crippen MR) is 79.4 cm³/mol. The summed E-state index contributed by atoms with van der Waals surface area (Å²) in [6.45, 7) is 6.52. The fraction of sp³-hybridized carbons (Fsp3) is 0.600. The topological polar surface area (TPSA) is 12.0 Å². The summed E-state index contributed by atoms with van der Waals surface area (Å²) in [5, 5.41) is 3.48. The first-order valence-electron chi connectivity index (χ1n) is 6.82. The van der Waals surface area contributed by atoms with E-state index in [4.69, 9.17) is 0 Å². The molecule has 0 aliphatic heterocycles. The molecule has 1 aromatic carbocycles. The lowest BCUT2D eigenvalue weighted by Gasteiger charge is -2.17. The molecule has 0 bridgehead atoms. The van der Waals surface area contributed by atoms with E-state index in [2.05, 4.69) is 35.1 Å². The Morgan fingerprint density at radius 2 is 2.06 bits per heavy atom. The van der Waals surface area contributed by atoms with E-state index in [0.717, 1.165) is 19.5 Å². The zero-order valence-electron chi connectivity index (χ0n) is 11.3. The number of halogens is 2. The van der Waals surface area contributed by atoms with Crippen molar-refractivity contribution in [1.82, 2.24) is 5.32 Å². The van der Waals surface area contributed by atoms with Crippen molar-refractivity contribution in [2.24, 2.45) is 5.92 Å². The number of rotatable bonds is 8. The summed E-state index contributed by atoms with van der Waals surface area (Å²) >= 11 is 3.25. The SMILES string of the molecule is CCCNCC(CCC)Cc1ccc(F)c(Br)c1. The van der Waals surface area contributed by atoms with Crippen LogP contribution in [0.1, 0.15) is 38.7 Å². The van der Waals surface area contributed by atoms with Gasteiger partial charge < -0.3 is 5.32 Å². The highest BCUT2D eigenvalue weighted by Gasteiger charge is 2.09. The van der Waals surface area contributed by atoms with E-state index in [1.807, 2.05) is 12.1 Å². The first-order valence-corrected chi connectivity index (χ1v) is 7.61. The highest BCUT2D eigenvalue weighted by atomic mass is 79.9. The Morgan fingerprint density at radius 1 is 1.28 bits per heavy atom. The molecule has 0 heterocycles. The van der Waals surface area contributed by atoms with Gasteiger partial charge in [0.1, 0.15) is 5.82 Å². The normalized spacial score (nSPS) is 12.7. The van der Waals surface area contributed by atoms with Crippen LogP contribution in [-0.2, 0) is 6.42 Å². The molecule has 0 amide bonds. The Labute approximate surface area is 118 Å². The van der Waals surface area contributed by atoms with Gasteiger partial charge in [-0.1, -0.05) is 26.3 Å². The fourth-order valence-electron chi connectivity index (χ4n) is 2.17. The van der Waals surface area contributed by atoms with Gasteiger partial charge in [0.05, 0.1) is 4.47 Å². The Balaban J connectivity index is 2.55. The summed E-state index contributed by atoms with van der Waals surface area (Å²) in [5.41, 5.74) is 1.21. The molecule has 1 nitrogen and oxygen atoms in total. The van der Waals surface area contributed by atoms with Gasteiger partial charge in [0, 0.05) is 0 Å². The van der Waals surface area contributed by atoms with Crippen LogP contribution in [0.25, 0.3) is 0 Å². The predicted octanol–water partition coefficient (Wildman–Crippen LogP) is 4.55. The summed E-state index contributed by atoms with van der Waals surface area (Å²) in [7, 11) is 0. The van der Waals surface area contributed by atoms with Gasteiger partial charge in [-0.25, -0.2) is 4.39 Å². The van der Waals surface area contributed by atoms with Crippen molar-refractivity contribution in [2.75, 3.05) is 13.1 Å². The zero-order valence-corrected chi connectivity index (χ0v) is 12.9. The smallest absolute Gasteiger partial charge is 0.137 e. The quantitative estimate of drug-likeness (QED) is 0.694. The monoisotopic (exact) mass is 315 g/mol. The van der Waals surface area contributed by atoms with E-state index in [9.17, 15) is 4.39 Å². The van der Waals surface area contributed by atoms with Crippen LogP contribution in [0, 0.1) is 11.7 Å². The summed E-state index contributed by atoms with van der Waals surface area (Å²) < 4.78 is 13.7. The summed E-state index contributed by atoms with van der Waals surface area (Å²) in [5.74, 6) is 0.453. The summed E-state index contributed by atoms with van der Waals surface area (Å²) in [4.78, 5) is 0. The van der Waals surface area contributed by atoms with E-state index in [1.54, 1.807) is 6.07 Å². The summed E-state index contributed by atoms with van der Waals surface area (Å²) in [6, 6.07) is 5.34. The van der Waals surface area contributed by atoms with Gasteiger partial charge in [-0.15, -0.1) is 0 Å². The van der Waals surface area contributed by atoms with Crippen LogP contribution in [0.2, 0.25) is 0 Å². The van der Waals surface area contributed by atoms with Gasteiger partial charge in [-0.2, -0.15) is 0 Å². The molecular weight excluding hydrogens is 293 g/mol. The zero-order chi connectivity index (χ0) is 13.4. The molecule has 1 atom stereocenters. The van der Waals surface area contributed by atoms with Crippen LogP contribution in [0.3, 0.4) is 0 Å². The van der Waals surface area contributed by atoms with E-state index >= 15 is 0 Å². The second kappa shape index (κ2) is 8.65. The van der Waals surface area contributed by atoms with Crippen molar-refractivity contribution in [3.63, 3.8) is 0 Å². The Hall–Kier alpha value is -0.410. The average molecular weight is 316 g/mol. The molecule has 102 valence electrons. The van der Waals surface area contributed by atoms with E-state index in [1.165, 1.54) is 24.8 Å². The third kappa shape index (κ3) is 5.49. The lowest BCUT2D eigenvalue weighted by molar-refractivity contribution is 0.438. The van der Waals surface area contributed by atoms with Gasteiger partial charge in [-0.3, -0.25) is 0 Å². The Morgan fingerprint density at radius 3 is 2.67 bits per heavy atom. The average Bonchev–Trinajstić information content (AvgIpc) is 2.34. The van der Waals surface area contributed by atoms with Crippen LogP contribution in [0.5, 0.6) is 0 Å². The maximum Gasteiger partial charge on any atom is 0.137 e. The highest BCUT2D eigenvalue weighted by Crippen LogP contribution is 2.20. The lowest BCUT2D eigenvalue weighted by atomic mass is 9.95. The van der Waals surface area contributed by atoms with Crippen molar-refractivity contribution < 1.29 is 4.39 Å². The Bertz CT molecular complexity index is 354. The first kappa shape index (κ1) is 15.6. The van der Waals surface area contributed by atoms with E-state index < -0.39 is 0 Å². The van der Waals surface area contributed by atoms with Crippen LogP contribution >= 0.6 is 15.9 Å². The Kier molecular flexibility index (Phi) is 7.52. The molecular formula is C15H23BrFN. The second-order valence-electron chi connectivity index (χ2n) is 4.81. The van der Waals surface area contributed by atoms with Gasteiger partial charge in [0.25, 0.3) is 0 Å². The third-order valence-corrected chi connectivity index (χ3v) is 3.67. The molecule has 1 rings (SSSR count). The number of hydrogen-bond acceptors (Lipinski definition) is 1. The van der Waals surface area contributed by atoms with E-state index in [-0.39, 0.29) is 5.82 Å². The lowest BCUT2D eigenvalue weighted by Crippen LogP contribution is -2.25. The molecule has 0 aromatic heterocycles. The van der Waals surface area contributed by atoms with Crippen molar-refractivity contribution >= 4 is 15.9 Å². The molecule has 1 N–H and O–H groups in total. The third-order valence-electron chi connectivity index (χ3n) is 3.07.